The third kappa shape index (κ3) is 4.40. The molecule has 0 amide bonds. The molecule has 0 atom stereocenters. The van der Waals surface area contributed by atoms with E-state index in [1.165, 1.54) is 10.6 Å². The zero-order valence-corrected chi connectivity index (χ0v) is 20.5. The Labute approximate surface area is 215 Å². The van der Waals surface area contributed by atoms with Gasteiger partial charge >= 0.3 is 0 Å². The fraction of sp³-hybridized carbons (Fsp3) is 0.308. The Morgan fingerprint density at radius 1 is 1.08 bits per heavy atom. The minimum atomic E-state index is -1.00. The van der Waals surface area contributed by atoms with Crippen molar-refractivity contribution in [2.24, 2.45) is 5.92 Å². The van der Waals surface area contributed by atoms with Gasteiger partial charge in [-0.15, -0.1) is 0 Å². The van der Waals surface area contributed by atoms with E-state index in [2.05, 4.69) is 30.5 Å². The van der Waals surface area contributed by atoms with E-state index in [1.54, 1.807) is 19.2 Å². The van der Waals surface area contributed by atoms with Gasteiger partial charge in [-0.2, -0.15) is 9.37 Å². The lowest BCUT2D eigenvalue weighted by Gasteiger charge is -2.29. The van der Waals surface area contributed by atoms with Gasteiger partial charge in [-0.1, -0.05) is 0 Å². The first-order valence-corrected chi connectivity index (χ1v) is 12.3. The first-order valence-electron chi connectivity index (χ1n) is 12.3. The Morgan fingerprint density at radius 3 is 2.58 bits per heavy atom. The summed E-state index contributed by atoms with van der Waals surface area (Å²) in [6.45, 7) is 5.10. The molecular formula is C26H24F3N7O2. The molecule has 4 heterocycles. The number of anilines is 3. The van der Waals surface area contributed by atoms with E-state index in [-0.39, 0.29) is 28.5 Å². The van der Waals surface area contributed by atoms with E-state index in [0.717, 1.165) is 57.1 Å². The van der Waals surface area contributed by atoms with Crippen molar-refractivity contribution >= 4 is 34.1 Å². The summed E-state index contributed by atoms with van der Waals surface area (Å²) < 4.78 is 52.2. The second-order valence-corrected chi connectivity index (χ2v) is 9.37. The number of nitrogens with zero attached hydrogens (tertiary/aromatic N) is 5. The van der Waals surface area contributed by atoms with Crippen LogP contribution < -0.4 is 20.3 Å². The molecule has 0 radical (unpaired) electrons. The molecule has 2 aliphatic rings. The minimum Gasteiger partial charge on any atom is -0.433 e. The number of aryl methyl sites for hydroxylation is 1. The normalized spacial score (nSPS) is 15.6. The van der Waals surface area contributed by atoms with Crippen molar-refractivity contribution in [3.63, 3.8) is 0 Å². The lowest BCUT2D eigenvalue weighted by Crippen LogP contribution is -2.43. The van der Waals surface area contributed by atoms with Crippen molar-refractivity contribution in [3.8, 4) is 11.6 Å². The maximum Gasteiger partial charge on any atom is 0.261 e. The highest BCUT2D eigenvalue weighted by atomic mass is 19.1. The van der Waals surface area contributed by atoms with Gasteiger partial charge in [-0.25, -0.2) is 18.7 Å². The summed E-state index contributed by atoms with van der Waals surface area (Å²) in [5, 5.41) is 5.92. The van der Waals surface area contributed by atoms with Crippen molar-refractivity contribution in [3.05, 3.63) is 59.9 Å². The van der Waals surface area contributed by atoms with E-state index in [4.69, 9.17) is 4.74 Å². The molecule has 12 heteroatoms. The van der Waals surface area contributed by atoms with Crippen molar-refractivity contribution in [2.75, 3.05) is 36.4 Å². The Hall–Kier alpha value is -4.19. The van der Waals surface area contributed by atoms with Crippen LogP contribution in [0.2, 0.25) is 0 Å². The highest BCUT2D eigenvalue weighted by Gasteiger charge is 2.33. The predicted molar refractivity (Wildman–Crippen MR) is 135 cm³/mol. The van der Waals surface area contributed by atoms with Crippen molar-refractivity contribution in [1.29, 1.82) is 0 Å². The van der Waals surface area contributed by atoms with Crippen molar-refractivity contribution < 1.29 is 22.7 Å². The molecule has 2 fully saturated rings. The fourth-order valence-corrected chi connectivity index (χ4v) is 4.60. The van der Waals surface area contributed by atoms with Gasteiger partial charge in [0.2, 0.25) is 11.7 Å². The minimum absolute atomic E-state index is 0.131. The molecule has 9 nitrogen and oxygen atoms in total. The van der Waals surface area contributed by atoms with Crippen LogP contribution in [0.15, 0.2) is 36.8 Å². The zero-order valence-electron chi connectivity index (χ0n) is 20.5. The lowest BCUT2D eigenvalue weighted by molar-refractivity contribution is 0.0889. The number of carbonyl (C=O) groups excluding carboxylic acids is 1. The standard InChI is InChI=1S/C26H24F3N7O2/c1-14-10-17-21(28)19(11-18(27)23(17)36(14)26(37)15-2-3-15)38-25-22(29)24(32-13-33-25)34-20-5-4-16(12-31-20)35-8-6-30-7-9-35/h4-5,10-13,15,30H,2-3,6-9H2,1H3,(H,31,32,33,34). The van der Waals surface area contributed by atoms with Crippen LogP contribution in [0.1, 0.15) is 23.3 Å². The molecule has 196 valence electrons. The third-order valence-corrected chi connectivity index (χ3v) is 6.71. The molecule has 6 rings (SSSR count). The van der Waals surface area contributed by atoms with Gasteiger partial charge in [0.1, 0.15) is 12.1 Å². The first kappa shape index (κ1) is 24.2. The van der Waals surface area contributed by atoms with Crippen LogP contribution in [0, 0.1) is 30.3 Å². The Balaban J connectivity index is 1.25. The Bertz CT molecular complexity index is 1530. The Kier molecular flexibility index (Phi) is 6.10. The molecule has 1 aliphatic heterocycles. The van der Waals surface area contributed by atoms with E-state index in [1.807, 2.05) is 6.07 Å². The van der Waals surface area contributed by atoms with Crippen molar-refractivity contribution in [1.82, 2.24) is 24.8 Å². The highest BCUT2D eigenvalue weighted by molar-refractivity contribution is 5.96. The molecule has 0 unspecified atom stereocenters. The average molecular weight is 524 g/mol. The van der Waals surface area contributed by atoms with E-state index < -0.39 is 29.1 Å². The molecular weight excluding hydrogens is 499 g/mol. The van der Waals surface area contributed by atoms with Crippen LogP contribution in [0.25, 0.3) is 10.9 Å². The van der Waals surface area contributed by atoms with E-state index in [9.17, 15) is 4.79 Å². The maximum absolute atomic E-state index is 15.4. The summed E-state index contributed by atoms with van der Waals surface area (Å²) in [7, 11) is 0. The quantitative estimate of drug-likeness (QED) is 0.380. The SMILES string of the molecule is Cc1cc2c(F)c(Oc3ncnc(Nc4ccc(N5CCNCC5)cn4)c3F)cc(F)c2n1C(=O)C1CC1. The van der Waals surface area contributed by atoms with E-state index >= 15 is 13.2 Å². The van der Waals surface area contributed by atoms with Gasteiger partial charge in [0, 0.05) is 49.2 Å². The topological polar surface area (TPSA) is 97.2 Å². The molecule has 1 aliphatic carbocycles. The fourth-order valence-electron chi connectivity index (χ4n) is 4.60. The number of aromatic nitrogens is 4. The van der Waals surface area contributed by atoms with Crippen LogP contribution >= 0.6 is 0 Å². The monoisotopic (exact) mass is 523 g/mol. The zero-order chi connectivity index (χ0) is 26.4. The van der Waals surface area contributed by atoms with Gasteiger partial charge in [0.05, 0.1) is 17.4 Å². The van der Waals surface area contributed by atoms with Gasteiger partial charge in [-0.05, 0) is 38.0 Å². The number of fused-ring (bicyclic) bond motifs is 1. The molecule has 38 heavy (non-hydrogen) atoms. The number of hydrogen-bond donors (Lipinski definition) is 2. The molecule has 4 aromatic rings. The van der Waals surface area contributed by atoms with Crippen LogP contribution in [0.5, 0.6) is 11.6 Å². The maximum atomic E-state index is 15.4. The molecule has 0 bridgehead atoms. The lowest BCUT2D eigenvalue weighted by atomic mass is 10.2. The number of piperazine rings is 1. The number of nitrogens with one attached hydrogen (secondary N) is 2. The number of benzene rings is 1. The van der Waals surface area contributed by atoms with Crippen molar-refractivity contribution in [2.45, 2.75) is 19.8 Å². The summed E-state index contributed by atoms with van der Waals surface area (Å²) in [6.07, 6.45) is 4.17. The summed E-state index contributed by atoms with van der Waals surface area (Å²) in [5.41, 5.74) is 1.19. The summed E-state index contributed by atoms with van der Waals surface area (Å²) in [4.78, 5) is 26.8. The number of hydrogen-bond acceptors (Lipinski definition) is 8. The second-order valence-electron chi connectivity index (χ2n) is 9.37. The largest absolute Gasteiger partial charge is 0.433 e. The smallest absolute Gasteiger partial charge is 0.261 e. The summed E-state index contributed by atoms with van der Waals surface area (Å²) in [5.74, 6) is -4.30. The molecule has 1 aromatic carbocycles. The van der Waals surface area contributed by atoms with Gasteiger partial charge in [0.25, 0.3) is 5.88 Å². The number of carbonyl (C=O) groups is 1. The molecule has 3 aromatic heterocycles. The molecule has 1 saturated heterocycles. The molecule has 1 saturated carbocycles. The summed E-state index contributed by atoms with van der Waals surface area (Å²) in [6, 6.07) is 5.73. The molecule has 2 N–H and O–H groups in total. The van der Waals surface area contributed by atoms with Crippen LogP contribution in [0.3, 0.4) is 0 Å². The predicted octanol–water partition coefficient (Wildman–Crippen LogP) is 4.55. The van der Waals surface area contributed by atoms with Crippen LogP contribution in [-0.4, -0.2) is 51.6 Å². The van der Waals surface area contributed by atoms with Crippen LogP contribution in [-0.2, 0) is 0 Å². The molecule has 0 spiro atoms. The van der Waals surface area contributed by atoms with Gasteiger partial charge in [0.15, 0.2) is 23.2 Å². The summed E-state index contributed by atoms with van der Waals surface area (Å²) >= 11 is 0. The highest BCUT2D eigenvalue weighted by Crippen LogP contribution is 2.38. The Morgan fingerprint density at radius 2 is 1.87 bits per heavy atom. The average Bonchev–Trinajstić information content (AvgIpc) is 3.72. The number of pyridine rings is 1. The van der Waals surface area contributed by atoms with Gasteiger partial charge in [-0.3, -0.25) is 9.36 Å². The number of rotatable bonds is 6. The number of halogens is 3. The van der Waals surface area contributed by atoms with E-state index in [0.29, 0.717) is 11.5 Å². The third-order valence-electron chi connectivity index (χ3n) is 6.71. The second kappa shape index (κ2) is 9.60. The van der Waals surface area contributed by atoms with Gasteiger partial charge < -0.3 is 20.3 Å². The number of ether oxygens (including phenoxy) is 1. The first-order chi connectivity index (χ1) is 18.4. The van der Waals surface area contributed by atoms with Crippen LogP contribution in [0.4, 0.5) is 30.5 Å².